The lowest BCUT2D eigenvalue weighted by atomic mass is 9.98. The maximum Gasteiger partial charge on any atom is 0.276 e. The number of carbonyl (C=O) groups is 1. The van der Waals surface area contributed by atoms with E-state index in [4.69, 9.17) is 4.74 Å². The Bertz CT molecular complexity index is 839. The summed E-state index contributed by atoms with van der Waals surface area (Å²) in [6.45, 7) is 5.89. The number of aromatic nitrogens is 3. The zero-order valence-electron chi connectivity index (χ0n) is 17.5. The molecule has 0 aliphatic carbocycles. The molecule has 2 aliphatic heterocycles. The van der Waals surface area contributed by atoms with E-state index in [0.29, 0.717) is 17.8 Å². The Hall–Kier alpha value is -2.12. The van der Waals surface area contributed by atoms with Gasteiger partial charge in [0, 0.05) is 25.2 Å². The van der Waals surface area contributed by atoms with E-state index in [1.54, 1.807) is 4.68 Å². The topological polar surface area (TPSA) is 72.3 Å². The Kier molecular flexibility index (Phi) is 6.49. The first-order chi connectivity index (χ1) is 13.4. The number of ether oxygens (including phenoxy) is 1. The molecule has 0 radical (unpaired) electrons. The van der Waals surface area contributed by atoms with Gasteiger partial charge >= 0.3 is 0 Å². The van der Waals surface area contributed by atoms with Crippen LogP contribution in [0.15, 0.2) is 24.3 Å². The number of fused-ring (bicyclic) bond motifs is 2. The quantitative estimate of drug-likeness (QED) is 0.806. The predicted molar refractivity (Wildman–Crippen MR) is 114 cm³/mol. The Morgan fingerprint density at radius 3 is 2.41 bits per heavy atom. The van der Waals surface area contributed by atoms with E-state index in [9.17, 15) is 4.79 Å². The van der Waals surface area contributed by atoms with Gasteiger partial charge in [0.1, 0.15) is 5.75 Å². The van der Waals surface area contributed by atoms with Crippen molar-refractivity contribution in [3.8, 4) is 11.4 Å². The molecule has 2 aliphatic rings. The van der Waals surface area contributed by atoms with E-state index < -0.39 is 0 Å². The first-order valence-corrected chi connectivity index (χ1v) is 10.1. The number of halogens is 1. The number of piperidine rings is 1. The molecule has 0 spiro atoms. The van der Waals surface area contributed by atoms with Crippen molar-refractivity contribution in [2.75, 3.05) is 7.05 Å². The minimum absolute atomic E-state index is 0. The normalized spacial score (nSPS) is 23.0. The van der Waals surface area contributed by atoms with Crippen LogP contribution in [0, 0.1) is 6.92 Å². The van der Waals surface area contributed by atoms with Crippen LogP contribution in [0.2, 0.25) is 0 Å². The van der Waals surface area contributed by atoms with Gasteiger partial charge in [-0.1, -0.05) is 5.21 Å². The van der Waals surface area contributed by atoms with E-state index in [1.165, 1.54) is 12.8 Å². The van der Waals surface area contributed by atoms with Crippen molar-refractivity contribution >= 4 is 18.3 Å². The van der Waals surface area contributed by atoms with Crippen LogP contribution in [0.4, 0.5) is 0 Å². The molecule has 2 bridgehead atoms. The van der Waals surface area contributed by atoms with Gasteiger partial charge in [-0.3, -0.25) is 4.79 Å². The highest BCUT2D eigenvalue weighted by molar-refractivity contribution is 5.93. The summed E-state index contributed by atoms with van der Waals surface area (Å²) in [7, 11) is 1.90. The maximum absolute atomic E-state index is 13.1. The van der Waals surface area contributed by atoms with Crippen molar-refractivity contribution in [3.63, 3.8) is 0 Å². The molecule has 4 rings (SSSR count). The van der Waals surface area contributed by atoms with E-state index in [-0.39, 0.29) is 30.5 Å². The SMILES string of the molecule is Cc1c(C(=O)N(C)C2CC3CCC(C2)N3)nnn1-c1ccc(OC(C)C)cc1.Cl. The minimum Gasteiger partial charge on any atom is -0.491 e. The fourth-order valence-corrected chi connectivity index (χ4v) is 4.39. The van der Waals surface area contributed by atoms with Crippen LogP contribution in [0.1, 0.15) is 55.7 Å². The third-order valence-corrected chi connectivity index (χ3v) is 5.87. The van der Waals surface area contributed by atoms with Crippen LogP contribution in [0.25, 0.3) is 5.69 Å². The van der Waals surface area contributed by atoms with Crippen molar-refractivity contribution in [2.45, 2.75) is 70.7 Å². The molecule has 2 atom stereocenters. The molecule has 29 heavy (non-hydrogen) atoms. The number of nitrogens with one attached hydrogen (secondary N) is 1. The molecule has 2 fully saturated rings. The summed E-state index contributed by atoms with van der Waals surface area (Å²) in [5.74, 6) is 0.767. The molecule has 1 aromatic carbocycles. The number of hydrogen-bond donors (Lipinski definition) is 1. The largest absolute Gasteiger partial charge is 0.491 e. The van der Waals surface area contributed by atoms with Gasteiger partial charge in [-0.25, -0.2) is 4.68 Å². The standard InChI is InChI=1S/C21H29N5O2.ClH/c1-13(2)28-19-9-7-17(8-10-19)26-14(3)20(23-24-26)21(27)25(4)18-11-15-5-6-16(12-18)22-15;/h7-10,13,15-16,18,22H,5-6,11-12H2,1-4H3;1H. The fraction of sp³-hybridized carbons (Fsp3) is 0.571. The number of carbonyl (C=O) groups excluding carboxylic acids is 1. The molecule has 8 heteroatoms. The van der Waals surface area contributed by atoms with Gasteiger partial charge in [0.2, 0.25) is 0 Å². The van der Waals surface area contributed by atoms with Crippen LogP contribution < -0.4 is 10.1 Å². The molecule has 2 saturated heterocycles. The van der Waals surface area contributed by atoms with E-state index in [0.717, 1.165) is 30.0 Å². The maximum atomic E-state index is 13.1. The highest BCUT2D eigenvalue weighted by Crippen LogP contribution is 2.30. The molecule has 7 nitrogen and oxygen atoms in total. The van der Waals surface area contributed by atoms with Gasteiger partial charge in [-0.15, -0.1) is 17.5 Å². The Labute approximate surface area is 178 Å². The lowest BCUT2D eigenvalue weighted by Gasteiger charge is -2.35. The average molecular weight is 420 g/mol. The summed E-state index contributed by atoms with van der Waals surface area (Å²) in [6, 6.07) is 9.04. The van der Waals surface area contributed by atoms with Crippen molar-refractivity contribution in [2.24, 2.45) is 0 Å². The smallest absolute Gasteiger partial charge is 0.276 e. The number of amides is 1. The van der Waals surface area contributed by atoms with Crippen LogP contribution >= 0.6 is 12.4 Å². The van der Waals surface area contributed by atoms with E-state index in [1.807, 2.05) is 57.0 Å². The van der Waals surface area contributed by atoms with Crippen LogP contribution in [0.5, 0.6) is 5.75 Å². The van der Waals surface area contributed by atoms with Gasteiger partial charge in [0.25, 0.3) is 5.91 Å². The summed E-state index contributed by atoms with van der Waals surface area (Å²) >= 11 is 0. The molecular weight excluding hydrogens is 390 g/mol. The van der Waals surface area contributed by atoms with Gasteiger partial charge in [0.15, 0.2) is 5.69 Å². The molecule has 1 amide bonds. The molecule has 3 heterocycles. The second-order valence-electron chi connectivity index (χ2n) is 8.27. The van der Waals surface area contributed by atoms with Gasteiger partial charge in [0.05, 0.1) is 17.5 Å². The zero-order valence-corrected chi connectivity index (χ0v) is 18.3. The number of rotatable bonds is 5. The Balaban J connectivity index is 0.00000240. The first kappa shape index (κ1) is 21.6. The summed E-state index contributed by atoms with van der Waals surface area (Å²) in [5.41, 5.74) is 2.05. The van der Waals surface area contributed by atoms with Crippen LogP contribution in [-0.2, 0) is 0 Å². The van der Waals surface area contributed by atoms with E-state index >= 15 is 0 Å². The van der Waals surface area contributed by atoms with Gasteiger partial charge in [-0.05, 0) is 70.7 Å². The summed E-state index contributed by atoms with van der Waals surface area (Å²) in [5, 5.41) is 12.1. The number of hydrogen-bond acceptors (Lipinski definition) is 5. The predicted octanol–water partition coefficient (Wildman–Crippen LogP) is 3.14. The van der Waals surface area contributed by atoms with Crippen molar-refractivity contribution in [3.05, 3.63) is 35.7 Å². The second kappa shape index (κ2) is 8.71. The third-order valence-electron chi connectivity index (χ3n) is 5.87. The summed E-state index contributed by atoms with van der Waals surface area (Å²) < 4.78 is 7.40. The molecule has 2 unspecified atom stereocenters. The molecule has 0 saturated carbocycles. The van der Waals surface area contributed by atoms with Crippen LogP contribution in [0.3, 0.4) is 0 Å². The molecule has 1 aromatic heterocycles. The second-order valence-corrected chi connectivity index (χ2v) is 8.27. The monoisotopic (exact) mass is 419 g/mol. The first-order valence-electron chi connectivity index (χ1n) is 10.1. The molecule has 2 aromatic rings. The van der Waals surface area contributed by atoms with E-state index in [2.05, 4.69) is 15.6 Å². The Morgan fingerprint density at radius 1 is 1.21 bits per heavy atom. The number of benzene rings is 1. The van der Waals surface area contributed by atoms with Gasteiger partial charge < -0.3 is 15.0 Å². The average Bonchev–Trinajstić information content (AvgIpc) is 3.22. The summed E-state index contributed by atoms with van der Waals surface area (Å²) in [4.78, 5) is 15.0. The lowest BCUT2D eigenvalue weighted by Crippen LogP contribution is -2.48. The molecule has 1 N–H and O–H groups in total. The fourth-order valence-electron chi connectivity index (χ4n) is 4.39. The third kappa shape index (κ3) is 4.41. The molecule has 158 valence electrons. The molecular formula is C21H30ClN5O2. The van der Waals surface area contributed by atoms with Crippen molar-refractivity contribution < 1.29 is 9.53 Å². The highest BCUT2D eigenvalue weighted by atomic mass is 35.5. The van der Waals surface area contributed by atoms with Gasteiger partial charge in [-0.2, -0.15) is 0 Å². The minimum atomic E-state index is -0.0465. The van der Waals surface area contributed by atoms with Crippen LogP contribution in [-0.4, -0.2) is 57.1 Å². The Morgan fingerprint density at radius 2 is 1.83 bits per heavy atom. The zero-order chi connectivity index (χ0) is 19.8. The highest BCUT2D eigenvalue weighted by Gasteiger charge is 2.37. The number of nitrogens with zero attached hydrogens (tertiary/aromatic N) is 4. The van der Waals surface area contributed by atoms with Crippen molar-refractivity contribution in [1.29, 1.82) is 0 Å². The summed E-state index contributed by atoms with van der Waals surface area (Å²) in [6.07, 6.45) is 4.60. The van der Waals surface area contributed by atoms with Crippen molar-refractivity contribution in [1.82, 2.24) is 25.2 Å². The lowest BCUT2D eigenvalue weighted by molar-refractivity contribution is 0.0675.